The molecule has 5 nitrogen and oxygen atoms in total. The molecule has 1 fully saturated rings. The number of piperidine rings is 1. The summed E-state index contributed by atoms with van der Waals surface area (Å²) in [6.07, 6.45) is 2.04. The molecule has 3 N–H and O–H groups in total. The molecule has 0 bridgehead atoms. The van der Waals surface area contributed by atoms with Crippen molar-refractivity contribution in [3.05, 3.63) is 0 Å². The smallest absolute Gasteiger partial charge is 0.312 e. The second-order valence-electron chi connectivity index (χ2n) is 4.51. The quantitative estimate of drug-likeness (QED) is 0.541. The topological polar surface area (TPSA) is 75.4 Å². The van der Waals surface area contributed by atoms with Gasteiger partial charge in [0.1, 0.15) is 0 Å². The molecular weight excluding hydrogens is 238 g/mol. The number of hydrogen-bond donors (Lipinski definition) is 2. The molecule has 0 aliphatic carbocycles. The lowest BCUT2D eigenvalue weighted by Gasteiger charge is -2.37. The van der Waals surface area contributed by atoms with Gasteiger partial charge in [0, 0.05) is 12.6 Å². The van der Waals surface area contributed by atoms with Crippen LogP contribution in [0.5, 0.6) is 0 Å². The van der Waals surface area contributed by atoms with Gasteiger partial charge in [-0.25, -0.2) is 0 Å². The number of hydrogen-bond acceptors (Lipinski definition) is 3. The summed E-state index contributed by atoms with van der Waals surface area (Å²) < 4.78 is 0. The molecule has 2 amide bonds. The van der Waals surface area contributed by atoms with Crippen LogP contribution in [0.15, 0.2) is 0 Å². The van der Waals surface area contributed by atoms with Gasteiger partial charge in [-0.15, -0.1) is 0 Å². The first-order chi connectivity index (χ1) is 7.93. The molecule has 1 rings (SSSR count). The van der Waals surface area contributed by atoms with E-state index in [2.05, 4.69) is 24.5 Å². The summed E-state index contributed by atoms with van der Waals surface area (Å²) in [6.45, 7) is 4.78. The van der Waals surface area contributed by atoms with Crippen molar-refractivity contribution in [1.82, 2.24) is 10.2 Å². The van der Waals surface area contributed by atoms with E-state index in [-0.39, 0.29) is 17.6 Å². The van der Waals surface area contributed by atoms with Gasteiger partial charge in [-0.1, -0.05) is 19.1 Å². The molecule has 0 saturated carbocycles. The van der Waals surface area contributed by atoms with Crippen molar-refractivity contribution in [2.45, 2.75) is 32.7 Å². The zero-order valence-corrected chi connectivity index (χ0v) is 11.0. The molecular formula is C11H19N3O2S. The molecule has 1 aliphatic rings. The van der Waals surface area contributed by atoms with Crippen molar-refractivity contribution in [1.29, 1.82) is 0 Å². The number of thiocarbonyl (C=S) groups is 1. The molecule has 0 spiro atoms. The predicted molar refractivity (Wildman–Crippen MR) is 69.4 cm³/mol. The summed E-state index contributed by atoms with van der Waals surface area (Å²) in [4.78, 5) is 25.3. The SMILES string of the molecule is CC1CCCN(C(=O)C(=O)NCC(N)=S)C1C. The zero-order valence-electron chi connectivity index (χ0n) is 10.2. The maximum atomic E-state index is 11.9. The molecule has 0 radical (unpaired) electrons. The Morgan fingerprint density at radius 3 is 2.71 bits per heavy atom. The third kappa shape index (κ3) is 3.66. The lowest BCUT2D eigenvalue weighted by molar-refractivity contribution is -0.148. The van der Waals surface area contributed by atoms with Gasteiger partial charge in [-0.3, -0.25) is 9.59 Å². The van der Waals surface area contributed by atoms with Crippen molar-refractivity contribution >= 4 is 29.0 Å². The van der Waals surface area contributed by atoms with E-state index in [0.717, 1.165) is 12.8 Å². The molecule has 17 heavy (non-hydrogen) atoms. The highest BCUT2D eigenvalue weighted by molar-refractivity contribution is 7.80. The van der Waals surface area contributed by atoms with E-state index in [0.29, 0.717) is 12.5 Å². The number of carbonyl (C=O) groups excluding carboxylic acids is 2. The molecule has 1 saturated heterocycles. The molecule has 96 valence electrons. The van der Waals surface area contributed by atoms with E-state index in [1.807, 2.05) is 6.92 Å². The van der Waals surface area contributed by atoms with E-state index >= 15 is 0 Å². The fourth-order valence-electron chi connectivity index (χ4n) is 2.00. The van der Waals surface area contributed by atoms with Crippen molar-refractivity contribution in [2.24, 2.45) is 11.7 Å². The first kappa shape index (κ1) is 13.9. The molecule has 0 aromatic rings. The third-order valence-corrected chi connectivity index (χ3v) is 3.40. The van der Waals surface area contributed by atoms with Crippen molar-refractivity contribution in [3.63, 3.8) is 0 Å². The number of rotatable bonds is 2. The van der Waals surface area contributed by atoms with Gasteiger partial charge in [-0.2, -0.15) is 0 Å². The highest BCUT2D eigenvalue weighted by atomic mass is 32.1. The van der Waals surface area contributed by atoms with Crippen molar-refractivity contribution in [2.75, 3.05) is 13.1 Å². The summed E-state index contributed by atoms with van der Waals surface area (Å²) in [5, 5.41) is 2.42. The van der Waals surface area contributed by atoms with Gasteiger partial charge in [0.05, 0.1) is 11.5 Å². The average molecular weight is 257 g/mol. The van der Waals surface area contributed by atoms with Gasteiger partial charge >= 0.3 is 11.8 Å². The van der Waals surface area contributed by atoms with Crippen LogP contribution in [0.2, 0.25) is 0 Å². The summed E-state index contributed by atoms with van der Waals surface area (Å²) in [7, 11) is 0. The van der Waals surface area contributed by atoms with Gasteiger partial charge in [0.2, 0.25) is 0 Å². The normalized spacial score (nSPS) is 24.2. The molecule has 0 aromatic carbocycles. The minimum Gasteiger partial charge on any atom is -0.392 e. The molecule has 1 heterocycles. The van der Waals surface area contributed by atoms with Crippen LogP contribution >= 0.6 is 12.2 Å². The maximum absolute atomic E-state index is 11.9. The summed E-state index contributed by atoms with van der Waals surface area (Å²) in [5.74, 6) is -0.685. The molecule has 1 aliphatic heterocycles. The monoisotopic (exact) mass is 257 g/mol. The van der Waals surface area contributed by atoms with E-state index in [1.165, 1.54) is 0 Å². The number of likely N-dealkylation sites (tertiary alicyclic amines) is 1. The highest BCUT2D eigenvalue weighted by Crippen LogP contribution is 2.22. The van der Waals surface area contributed by atoms with E-state index in [1.54, 1.807) is 4.90 Å². The van der Waals surface area contributed by atoms with E-state index in [9.17, 15) is 9.59 Å². The second-order valence-corrected chi connectivity index (χ2v) is 5.03. The number of nitrogens with zero attached hydrogens (tertiary/aromatic N) is 1. The summed E-state index contributed by atoms with van der Waals surface area (Å²) in [5.41, 5.74) is 5.26. The van der Waals surface area contributed by atoms with Gasteiger partial charge < -0.3 is 16.0 Å². The molecule has 2 unspecified atom stereocenters. The van der Waals surface area contributed by atoms with E-state index in [4.69, 9.17) is 5.73 Å². The maximum Gasteiger partial charge on any atom is 0.312 e. The largest absolute Gasteiger partial charge is 0.392 e. The Balaban J connectivity index is 2.56. The predicted octanol–water partition coefficient (Wildman–Crippen LogP) is 0.0357. The van der Waals surface area contributed by atoms with Crippen LogP contribution in [0.4, 0.5) is 0 Å². The first-order valence-electron chi connectivity index (χ1n) is 5.80. The Bertz CT molecular complexity index is 333. The molecule has 2 atom stereocenters. The van der Waals surface area contributed by atoms with Crippen LogP contribution < -0.4 is 11.1 Å². The van der Waals surface area contributed by atoms with Gasteiger partial charge in [-0.05, 0) is 25.7 Å². The lowest BCUT2D eigenvalue weighted by atomic mass is 9.92. The van der Waals surface area contributed by atoms with E-state index < -0.39 is 11.8 Å². The summed E-state index contributed by atoms with van der Waals surface area (Å²) >= 11 is 4.64. The Morgan fingerprint density at radius 2 is 2.12 bits per heavy atom. The number of nitrogens with two attached hydrogens (primary N) is 1. The Kier molecular flexibility index (Phi) is 4.86. The van der Waals surface area contributed by atoms with Crippen LogP contribution in [-0.2, 0) is 9.59 Å². The fraction of sp³-hybridized carbons (Fsp3) is 0.727. The number of amides is 2. The highest BCUT2D eigenvalue weighted by Gasteiger charge is 2.31. The van der Waals surface area contributed by atoms with Crippen molar-refractivity contribution < 1.29 is 9.59 Å². The minimum absolute atomic E-state index is 0.0671. The Morgan fingerprint density at radius 1 is 1.47 bits per heavy atom. The van der Waals surface area contributed by atoms with Gasteiger partial charge in [0.25, 0.3) is 0 Å². The average Bonchev–Trinajstić information content (AvgIpc) is 2.28. The van der Waals surface area contributed by atoms with Crippen LogP contribution in [-0.4, -0.2) is 40.8 Å². The molecule has 6 heteroatoms. The lowest BCUT2D eigenvalue weighted by Crippen LogP contribution is -2.52. The first-order valence-corrected chi connectivity index (χ1v) is 6.21. The van der Waals surface area contributed by atoms with Crippen LogP contribution in [0.25, 0.3) is 0 Å². The summed E-state index contributed by atoms with van der Waals surface area (Å²) in [6, 6.07) is 0.104. The Labute approximate surface area is 107 Å². The van der Waals surface area contributed by atoms with Gasteiger partial charge in [0.15, 0.2) is 0 Å². The minimum atomic E-state index is -0.626. The molecule has 0 aromatic heterocycles. The van der Waals surface area contributed by atoms with Crippen LogP contribution in [0.1, 0.15) is 26.7 Å². The Hall–Kier alpha value is -1.17. The second kappa shape index (κ2) is 5.95. The number of carbonyl (C=O) groups is 2. The van der Waals surface area contributed by atoms with Crippen LogP contribution in [0.3, 0.4) is 0 Å². The standard InChI is InChI=1S/C11H19N3O2S/c1-7-4-3-5-14(8(7)2)11(16)10(15)13-6-9(12)17/h7-8H,3-6H2,1-2H3,(H2,12,17)(H,13,15). The third-order valence-electron chi connectivity index (χ3n) is 3.25. The zero-order chi connectivity index (χ0) is 13.0. The van der Waals surface area contributed by atoms with Crippen molar-refractivity contribution in [3.8, 4) is 0 Å². The fourth-order valence-corrected chi connectivity index (χ4v) is 2.07. The van der Waals surface area contributed by atoms with Crippen LogP contribution in [0, 0.1) is 5.92 Å². The number of nitrogens with one attached hydrogen (secondary N) is 1.